The number of nitrogens with one attached hydrogen (secondary N) is 1. The van der Waals surface area contributed by atoms with Crippen molar-refractivity contribution in [3.8, 4) is 0 Å². The molecule has 118 valence electrons. The molecule has 22 heavy (non-hydrogen) atoms. The van der Waals surface area contributed by atoms with E-state index in [2.05, 4.69) is 16.9 Å². The second-order valence-electron chi connectivity index (χ2n) is 4.90. The number of carbonyl (C=O) groups is 1. The Balaban J connectivity index is 2.22. The Kier molecular flexibility index (Phi) is 5.79. The lowest BCUT2D eigenvalue weighted by Crippen LogP contribution is -2.33. The Bertz CT molecular complexity index is 736. The van der Waals surface area contributed by atoms with E-state index in [0.717, 1.165) is 6.42 Å². The molecule has 2 aromatic heterocycles. The lowest BCUT2D eigenvalue weighted by molar-refractivity contribution is -0.119. The number of amides is 1. The lowest BCUT2D eigenvalue weighted by atomic mass is 10.3. The fraction of sp³-hybridized carbons (Fsp3) is 0.400. The summed E-state index contributed by atoms with van der Waals surface area (Å²) < 4.78 is 2.20. The second kappa shape index (κ2) is 7.60. The molecule has 0 fully saturated rings. The highest BCUT2D eigenvalue weighted by atomic mass is 32.2. The van der Waals surface area contributed by atoms with E-state index in [4.69, 9.17) is 0 Å². The Morgan fingerprint density at radius 2 is 2.41 bits per heavy atom. The number of thiophene rings is 1. The van der Waals surface area contributed by atoms with E-state index in [1.165, 1.54) is 23.1 Å². The predicted molar refractivity (Wildman–Crippen MR) is 92.7 cm³/mol. The third-order valence-corrected chi connectivity index (χ3v) is 5.06. The van der Waals surface area contributed by atoms with Gasteiger partial charge in [0.2, 0.25) is 5.91 Å². The summed E-state index contributed by atoms with van der Waals surface area (Å²) in [5.41, 5.74) is 0.602. The van der Waals surface area contributed by atoms with Gasteiger partial charge in [-0.2, -0.15) is 0 Å². The molecular weight excluding hydrogens is 318 g/mol. The van der Waals surface area contributed by atoms with Crippen molar-refractivity contribution in [3.63, 3.8) is 0 Å². The fourth-order valence-electron chi connectivity index (χ4n) is 1.87. The fourth-order valence-corrected chi connectivity index (χ4v) is 3.47. The molecule has 0 saturated heterocycles. The third-order valence-electron chi connectivity index (χ3n) is 3.19. The Labute approximate surface area is 137 Å². The summed E-state index contributed by atoms with van der Waals surface area (Å²) in [5, 5.41) is 5.30. The van der Waals surface area contributed by atoms with Gasteiger partial charge in [-0.3, -0.25) is 14.2 Å². The molecule has 0 aliphatic carbocycles. The van der Waals surface area contributed by atoms with Crippen molar-refractivity contribution < 1.29 is 4.79 Å². The molecule has 1 N–H and O–H groups in total. The Hall–Kier alpha value is -1.60. The summed E-state index contributed by atoms with van der Waals surface area (Å²) in [6, 6.07) is 1.97. The number of carbonyl (C=O) groups excluding carboxylic acids is 1. The Morgan fingerprint density at radius 3 is 3.09 bits per heavy atom. The average molecular weight is 337 g/mol. The number of fused-ring (bicyclic) bond motifs is 1. The number of hydrogen-bond acceptors (Lipinski definition) is 5. The van der Waals surface area contributed by atoms with Gasteiger partial charge in [-0.05, 0) is 24.8 Å². The molecule has 0 unspecified atom stereocenters. The van der Waals surface area contributed by atoms with Crippen LogP contribution in [0.1, 0.15) is 20.3 Å². The zero-order valence-electron chi connectivity index (χ0n) is 12.7. The van der Waals surface area contributed by atoms with Crippen LogP contribution in [0.4, 0.5) is 0 Å². The zero-order valence-corrected chi connectivity index (χ0v) is 14.3. The number of allylic oxidation sites excluding steroid dienone is 1. The molecule has 0 aromatic carbocycles. The molecule has 0 saturated carbocycles. The van der Waals surface area contributed by atoms with E-state index in [1.54, 1.807) is 10.6 Å². The molecule has 2 rings (SSSR count). The molecule has 0 aliphatic heterocycles. The van der Waals surface area contributed by atoms with Gasteiger partial charge in [0.25, 0.3) is 5.56 Å². The largest absolute Gasteiger partial charge is 0.353 e. The summed E-state index contributed by atoms with van der Waals surface area (Å²) in [6.07, 6.45) is 2.54. The van der Waals surface area contributed by atoms with Crippen LogP contribution >= 0.6 is 23.1 Å². The van der Waals surface area contributed by atoms with Crippen LogP contribution in [0.15, 0.2) is 34.1 Å². The first-order valence-corrected chi connectivity index (χ1v) is 8.94. The molecule has 2 heterocycles. The van der Waals surface area contributed by atoms with Gasteiger partial charge in [-0.1, -0.05) is 24.8 Å². The lowest BCUT2D eigenvalue weighted by Gasteiger charge is -2.12. The quantitative estimate of drug-likeness (QED) is 0.479. The topological polar surface area (TPSA) is 64.0 Å². The van der Waals surface area contributed by atoms with E-state index in [1.807, 2.05) is 25.3 Å². The van der Waals surface area contributed by atoms with Gasteiger partial charge in [-0.25, -0.2) is 4.98 Å². The standard InChI is InChI=1S/C15H19N3O2S2/c1-4-7-18-14(20)13-11(6-8-21-13)17-15(18)22-9-12(19)16-10(3)5-2/h4,6,8,10H,1,5,7,9H2,2-3H3,(H,16,19)/t10-/m0/s1. The van der Waals surface area contributed by atoms with Crippen LogP contribution in [0.3, 0.4) is 0 Å². The maximum Gasteiger partial charge on any atom is 0.272 e. The smallest absolute Gasteiger partial charge is 0.272 e. The number of thioether (sulfide) groups is 1. The molecule has 1 atom stereocenters. The number of hydrogen-bond donors (Lipinski definition) is 1. The number of rotatable bonds is 7. The van der Waals surface area contributed by atoms with Crippen molar-refractivity contribution in [1.29, 1.82) is 0 Å². The van der Waals surface area contributed by atoms with Crippen molar-refractivity contribution in [3.05, 3.63) is 34.5 Å². The summed E-state index contributed by atoms with van der Waals surface area (Å²) in [7, 11) is 0. The Morgan fingerprint density at radius 1 is 1.64 bits per heavy atom. The molecule has 7 heteroatoms. The van der Waals surface area contributed by atoms with E-state index < -0.39 is 0 Å². The molecule has 0 bridgehead atoms. The summed E-state index contributed by atoms with van der Waals surface area (Å²) in [5.74, 6) is 0.188. The highest BCUT2D eigenvalue weighted by Crippen LogP contribution is 2.20. The second-order valence-corrected chi connectivity index (χ2v) is 6.76. The third kappa shape index (κ3) is 3.78. The highest BCUT2D eigenvalue weighted by molar-refractivity contribution is 7.99. The molecular formula is C15H19N3O2S2. The average Bonchev–Trinajstić information content (AvgIpc) is 2.97. The zero-order chi connectivity index (χ0) is 16.1. The van der Waals surface area contributed by atoms with Gasteiger partial charge in [-0.15, -0.1) is 17.9 Å². The van der Waals surface area contributed by atoms with Crippen molar-refractivity contribution in [2.75, 3.05) is 5.75 Å². The molecule has 0 aliphatic rings. The van der Waals surface area contributed by atoms with Gasteiger partial charge in [0.1, 0.15) is 4.70 Å². The van der Waals surface area contributed by atoms with Crippen molar-refractivity contribution in [2.45, 2.75) is 38.0 Å². The molecule has 0 radical (unpaired) electrons. The number of nitrogens with zero attached hydrogens (tertiary/aromatic N) is 2. The first kappa shape index (κ1) is 16.8. The van der Waals surface area contributed by atoms with Crippen LogP contribution < -0.4 is 10.9 Å². The van der Waals surface area contributed by atoms with Crippen LogP contribution in [0, 0.1) is 0 Å². The van der Waals surface area contributed by atoms with Crippen LogP contribution in [-0.4, -0.2) is 27.3 Å². The highest BCUT2D eigenvalue weighted by Gasteiger charge is 2.14. The van der Waals surface area contributed by atoms with Crippen molar-refractivity contribution >= 4 is 39.2 Å². The molecule has 1 amide bonds. The van der Waals surface area contributed by atoms with E-state index in [-0.39, 0.29) is 23.3 Å². The van der Waals surface area contributed by atoms with Gasteiger partial charge >= 0.3 is 0 Å². The van der Waals surface area contributed by atoms with E-state index in [9.17, 15) is 9.59 Å². The summed E-state index contributed by atoms with van der Waals surface area (Å²) in [4.78, 5) is 28.8. The van der Waals surface area contributed by atoms with Gasteiger partial charge in [0, 0.05) is 12.6 Å². The SMILES string of the molecule is C=CCn1c(SCC(=O)N[C@@H](C)CC)nc2ccsc2c1=O. The van der Waals surface area contributed by atoms with E-state index >= 15 is 0 Å². The van der Waals surface area contributed by atoms with Crippen LogP contribution in [0.5, 0.6) is 0 Å². The number of aromatic nitrogens is 2. The predicted octanol–water partition coefficient (Wildman–Crippen LogP) is 2.65. The van der Waals surface area contributed by atoms with Crippen molar-refractivity contribution in [1.82, 2.24) is 14.9 Å². The first-order chi connectivity index (χ1) is 10.6. The van der Waals surface area contributed by atoms with Gasteiger partial charge in [0.15, 0.2) is 5.16 Å². The summed E-state index contributed by atoms with van der Waals surface area (Å²) in [6.45, 7) is 8.05. The summed E-state index contributed by atoms with van der Waals surface area (Å²) >= 11 is 2.66. The maximum atomic E-state index is 12.4. The molecule has 0 spiro atoms. The van der Waals surface area contributed by atoms with Gasteiger partial charge in [0.05, 0.1) is 11.3 Å². The maximum absolute atomic E-state index is 12.4. The van der Waals surface area contributed by atoms with Crippen molar-refractivity contribution in [2.24, 2.45) is 0 Å². The minimum atomic E-state index is -0.0789. The van der Waals surface area contributed by atoms with Crippen LogP contribution in [0.2, 0.25) is 0 Å². The minimum absolute atomic E-state index is 0.0517. The molecule has 5 nitrogen and oxygen atoms in total. The van der Waals surface area contributed by atoms with E-state index in [0.29, 0.717) is 21.9 Å². The normalized spacial score (nSPS) is 12.3. The van der Waals surface area contributed by atoms with Gasteiger partial charge < -0.3 is 5.32 Å². The first-order valence-electron chi connectivity index (χ1n) is 7.07. The minimum Gasteiger partial charge on any atom is -0.353 e. The van der Waals surface area contributed by atoms with Crippen LogP contribution in [-0.2, 0) is 11.3 Å². The van der Waals surface area contributed by atoms with Crippen LogP contribution in [0.25, 0.3) is 10.2 Å². The molecule has 2 aromatic rings. The monoisotopic (exact) mass is 337 g/mol.